The van der Waals surface area contributed by atoms with Crippen molar-refractivity contribution in [3.05, 3.63) is 95.6 Å². The predicted molar refractivity (Wildman–Crippen MR) is 113 cm³/mol. The third-order valence-electron chi connectivity index (χ3n) is 5.18. The fourth-order valence-corrected chi connectivity index (χ4v) is 5.15. The minimum Gasteiger partial charge on any atom is -0.325 e. The molecule has 0 bridgehead atoms. The second kappa shape index (κ2) is 7.81. The van der Waals surface area contributed by atoms with E-state index < -0.39 is 16.1 Å². The van der Waals surface area contributed by atoms with E-state index in [1.54, 1.807) is 30.3 Å². The highest BCUT2D eigenvalue weighted by atomic mass is 32.2. The third kappa shape index (κ3) is 3.95. The first kappa shape index (κ1) is 19.4. The molecule has 1 aliphatic heterocycles. The number of sulfonamides is 1. The molecule has 0 aromatic heterocycles. The zero-order chi connectivity index (χ0) is 20.4. The summed E-state index contributed by atoms with van der Waals surface area (Å²) in [7, 11) is -3.83. The average Bonchev–Trinajstić information content (AvgIpc) is 2.75. The maximum absolute atomic E-state index is 13.4. The second-order valence-corrected chi connectivity index (χ2v) is 9.10. The maximum atomic E-state index is 13.4. The van der Waals surface area contributed by atoms with Gasteiger partial charge in [-0.25, -0.2) is 8.42 Å². The number of hydrogen-bond donors (Lipinski definition) is 1. The summed E-state index contributed by atoms with van der Waals surface area (Å²) >= 11 is 0. The number of carbonyl (C=O) groups excluding carboxylic acids is 1. The Hall–Kier alpha value is -2.96. The Kier molecular flexibility index (Phi) is 5.22. The summed E-state index contributed by atoms with van der Waals surface area (Å²) in [6.07, 6.45) is 0.333. The topological polar surface area (TPSA) is 66.5 Å². The van der Waals surface area contributed by atoms with Gasteiger partial charge in [0.1, 0.15) is 6.04 Å². The van der Waals surface area contributed by atoms with Gasteiger partial charge in [0.2, 0.25) is 15.9 Å². The van der Waals surface area contributed by atoms with Crippen LogP contribution in [0.3, 0.4) is 0 Å². The number of benzene rings is 3. The lowest BCUT2D eigenvalue weighted by Gasteiger charge is -2.35. The summed E-state index contributed by atoms with van der Waals surface area (Å²) in [5.74, 6) is -0.331. The number of aryl methyl sites for hydroxylation is 1. The van der Waals surface area contributed by atoms with Crippen LogP contribution in [0.15, 0.2) is 83.8 Å². The van der Waals surface area contributed by atoms with E-state index in [0.29, 0.717) is 12.1 Å². The van der Waals surface area contributed by atoms with Crippen molar-refractivity contribution in [1.29, 1.82) is 0 Å². The average molecular weight is 407 g/mol. The summed E-state index contributed by atoms with van der Waals surface area (Å²) in [6.45, 7) is 2.14. The molecule has 29 heavy (non-hydrogen) atoms. The minimum absolute atomic E-state index is 0.166. The molecule has 6 heteroatoms. The van der Waals surface area contributed by atoms with E-state index in [9.17, 15) is 13.2 Å². The van der Waals surface area contributed by atoms with Crippen LogP contribution >= 0.6 is 0 Å². The highest BCUT2D eigenvalue weighted by Crippen LogP contribution is 2.29. The first-order valence-electron chi connectivity index (χ1n) is 9.46. The molecule has 0 saturated heterocycles. The van der Waals surface area contributed by atoms with Gasteiger partial charge in [-0.2, -0.15) is 4.31 Å². The third-order valence-corrected chi connectivity index (χ3v) is 7.05. The molecule has 3 aromatic rings. The summed E-state index contributed by atoms with van der Waals surface area (Å²) in [5.41, 5.74) is 3.65. The number of fused-ring (bicyclic) bond motifs is 1. The number of amides is 1. The van der Waals surface area contributed by atoms with E-state index in [-0.39, 0.29) is 17.3 Å². The van der Waals surface area contributed by atoms with Crippen molar-refractivity contribution in [3.8, 4) is 0 Å². The molecular weight excluding hydrogens is 384 g/mol. The second-order valence-electron chi connectivity index (χ2n) is 7.21. The molecule has 5 nitrogen and oxygen atoms in total. The first-order valence-corrected chi connectivity index (χ1v) is 10.9. The molecular formula is C23H22N2O3S. The van der Waals surface area contributed by atoms with Crippen LogP contribution in [-0.2, 0) is 27.8 Å². The molecule has 0 aliphatic carbocycles. The molecule has 4 rings (SSSR count). The van der Waals surface area contributed by atoms with Gasteiger partial charge in [-0.1, -0.05) is 60.2 Å². The molecule has 0 radical (unpaired) electrons. The van der Waals surface area contributed by atoms with Gasteiger partial charge in [-0.3, -0.25) is 4.79 Å². The van der Waals surface area contributed by atoms with Crippen LogP contribution in [0.5, 0.6) is 0 Å². The van der Waals surface area contributed by atoms with Gasteiger partial charge in [-0.15, -0.1) is 0 Å². The van der Waals surface area contributed by atoms with E-state index in [1.807, 2.05) is 55.5 Å². The Labute approximate surface area is 171 Å². The number of hydrogen-bond acceptors (Lipinski definition) is 3. The van der Waals surface area contributed by atoms with Gasteiger partial charge < -0.3 is 5.32 Å². The fourth-order valence-electron chi connectivity index (χ4n) is 3.57. The molecule has 0 spiro atoms. The highest BCUT2D eigenvalue weighted by Gasteiger charge is 2.39. The van der Waals surface area contributed by atoms with E-state index >= 15 is 0 Å². The first-order chi connectivity index (χ1) is 13.9. The maximum Gasteiger partial charge on any atom is 0.244 e. The Morgan fingerprint density at radius 2 is 1.52 bits per heavy atom. The number of rotatable bonds is 4. The Balaban J connectivity index is 1.70. The van der Waals surface area contributed by atoms with Gasteiger partial charge >= 0.3 is 0 Å². The molecule has 1 atom stereocenters. The number of anilines is 1. The lowest BCUT2D eigenvalue weighted by Crippen LogP contribution is -2.50. The quantitative estimate of drug-likeness (QED) is 0.718. The van der Waals surface area contributed by atoms with Gasteiger partial charge in [0, 0.05) is 12.2 Å². The van der Waals surface area contributed by atoms with E-state index in [2.05, 4.69) is 5.32 Å². The molecule has 1 heterocycles. The summed E-state index contributed by atoms with van der Waals surface area (Å²) in [5, 5.41) is 2.88. The Morgan fingerprint density at radius 3 is 2.21 bits per heavy atom. The highest BCUT2D eigenvalue weighted by molar-refractivity contribution is 7.89. The van der Waals surface area contributed by atoms with Crippen LogP contribution in [-0.4, -0.2) is 24.7 Å². The van der Waals surface area contributed by atoms with Crippen LogP contribution in [0.25, 0.3) is 0 Å². The monoisotopic (exact) mass is 406 g/mol. The largest absolute Gasteiger partial charge is 0.325 e. The van der Waals surface area contributed by atoms with Crippen molar-refractivity contribution in [2.45, 2.75) is 30.8 Å². The molecule has 148 valence electrons. The van der Waals surface area contributed by atoms with Gasteiger partial charge in [0.05, 0.1) is 4.90 Å². The lowest BCUT2D eigenvalue weighted by atomic mass is 9.95. The minimum atomic E-state index is -3.83. The number of carbonyl (C=O) groups is 1. The SMILES string of the molecule is Cc1ccc(NC(=O)C2Cc3ccccc3CN2S(=O)(=O)c2ccccc2)cc1. The van der Waals surface area contributed by atoms with Crippen molar-refractivity contribution in [1.82, 2.24) is 4.31 Å². The summed E-state index contributed by atoms with van der Waals surface area (Å²) < 4.78 is 28.0. The number of nitrogens with one attached hydrogen (secondary N) is 1. The van der Waals surface area contributed by atoms with Crippen molar-refractivity contribution < 1.29 is 13.2 Å². The van der Waals surface area contributed by atoms with Crippen molar-refractivity contribution in [2.75, 3.05) is 5.32 Å². The Morgan fingerprint density at radius 1 is 0.897 bits per heavy atom. The predicted octanol–water partition coefficient (Wildman–Crippen LogP) is 3.75. The van der Waals surface area contributed by atoms with Crippen LogP contribution in [0, 0.1) is 6.92 Å². The van der Waals surface area contributed by atoms with Crippen LogP contribution in [0.2, 0.25) is 0 Å². The summed E-state index contributed by atoms with van der Waals surface area (Å²) in [6, 6.07) is 22.6. The van der Waals surface area contributed by atoms with Crippen molar-refractivity contribution in [2.24, 2.45) is 0 Å². The zero-order valence-electron chi connectivity index (χ0n) is 16.1. The molecule has 3 aromatic carbocycles. The van der Waals surface area contributed by atoms with E-state index in [4.69, 9.17) is 0 Å². The molecule has 0 fully saturated rings. The molecule has 0 saturated carbocycles. The van der Waals surface area contributed by atoms with Crippen LogP contribution in [0.4, 0.5) is 5.69 Å². The normalized spacial score (nSPS) is 16.8. The van der Waals surface area contributed by atoms with Crippen LogP contribution < -0.4 is 5.32 Å². The molecule has 1 amide bonds. The molecule has 1 N–H and O–H groups in total. The zero-order valence-corrected chi connectivity index (χ0v) is 16.9. The molecule has 1 unspecified atom stereocenters. The van der Waals surface area contributed by atoms with Crippen molar-refractivity contribution >= 4 is 21.6 Å². The fraction of sp³-hybridized carbons (Fsp3) is 0.174. The standard InChI is InChI=1S/C23H22N2O3S/c1-17-11-13-20(14-12-17)24-23(26)22-15-18-7-5-6-8-19(18)16-25(22)29(27,28)21-9-3-2-4-10-21/h2-14,22H,15-16H2,1H3,(H,24,26). The smallest absolute Gasteiger partial charge is 0.244 e. The van der Waals surface area contributed by atoms with Gasteiger partial charge in [-0.05, 0) is 48.7 Å². The number of nitrogens with zero attached hydrogens (tertiary/aromatic N) is 1. The van der Waals surface area contributed by atoms with Gasteiger partial charge in [0.15, 0.2) is 0 Å². The molecule has 1 aliphatic rings. The van der Waals surface area contributed by atoms with Crippen LogP contribution in [0.1, 0.15) is 16.7 Å². The summed E-state index contributed by atoms with van der Waals surface area (Å²) in [4.78, 5) is 13.3. The lowest BCUT2D eigenvalue weighted by molar-refractivity contribution is -0.120. The van der Waals surface area contributed by atoms with Gasteiger partial charge in [0.25, 0.3) is 0 Å². The van der Waals surface area contributed by atoms with Crippen molar-refractivity contribution in [3.63, 3.8) is 0 Å². The van der Waals surface area contributed by atoms with E-state index in [0.717, 1.165) is 16.7 Å². The Bertz CT molecular complexity index is 1130. The van der Waals surface area contributed by atoms with E-state index in [1.165, 1.54) is 4.31 Å².